The molecule has 1 fully saturated rings. The van der Waals surface area contributed by atoms with Gasteiger partial charge in [0.15, 0.2) is 0 Å². The lowest BCUT2D eigenvalue weighted by molar-refractivity contribution is -0.0705. The van der Waals surface area contributed by atoms with Gasteiger partial charge in [-0.15, -0.1) is 5.73 Å². The summed E-state index contributed by atoms with van der Waals surface area (Å²) in [5.41, 5.74) is 6.76. The van der Waals surface area contributed by atoms with Crippen LogP contribution < -0.4 is 11.4 Å². The topological polar surface area (TPSA) is 90.4 Å². The van der Waals surface area contributed by atoms with E-state index in [4.69, 9.17) is 10.5 Å². The Balaban J connectivity index is 2.28. The molecule has 0 unspecified atom stereocenters. The van der Waals surface area contributed by atoms with Crippen molar-refractivity contribution in [2.75, 3.05) is 12.3 Å². The monoisotopic (exact) mass is 249 g/mol. The Labute approximate surface area is 104 Å². The van der Waals surface area contributed by atoms with E-state index >= 15 is 0 Å². The maximum atomic E-state index is 11.7. The molecule has 1 aromatic rings. The highest BCUT2D eigenvalue weighted by Crippen LogP contribution is 2.36. The van der Waals surface area contributed by atoms with Crippen molar-refractivity contribution in [1.29, 1.82) is 0 Å². The van der Waals surface area contributed by atoms with Crippen molar-refractivity contribution >= 4 is 5.82 Å². The van der Waals surface area contributed by atoms with E-state index in [1.165, 1.54) is 10.6 Å². The van der Waals surface area contributed by atoms with E-state index in [0.717, 1.165) is 0 Å². The molecule has 0 bridgehead atoms. The third-order valence-electron chi connectivity index (χ3n) is 2.98. The Morgan fingerprint density at radius 1 is 1.83 bits per heavy atom. The zero-order chi connectivity index (χ0) is 13.2. The first-order chi connectivity index (χ1) is 8.60. The fraction of sp³-hybridized carbons (Fsp3) is 0.417. The van der Waals surface area contributed by atoms with E-state index in [0.29, 0.717) is 12.8 Å². The van der Waals surface area contributed by atoms with Crippen molar-refractivity contribution in [3.05, 3.63) is 41.1 Å². The molecule has 0 aliphatic carbocycles. The van der Waals surface area contributed by atoms with Crippen LogP contribution in [0.4, 0.5) is 5.82 Å². The summed E-state index contributed by atoms with van der Waals surface area (Å²) in [5.74, 6) is 0.175. The van der Waals surface area contributed by atoms with Gasteiger partial charge < -0.3 is 15.6 Å². The van der Waals surface area contributed by atoms with Gasteiger partial charge in [0.1, 0.15) is 17.6 Å². The maximum absolute atomic E-state index is 11.7. The van der Waals surface area contributed by atoms with E-state index < -0.39 is 17.5 Å². The first-order valence-corrected chi connectivity index (χ1v) is 5.60. The normalized spacial score (nSPS) is 26.8. The van der Waals surface area contributed by atoms with Crippen molar-refractivity contribution in [1.82, 2.24) is 9.55 Å². The van der Waals surface area contributed by atoms with E-state index in [-0.39, 0.29) is 12.4 Å². The molecule has 1 aliphatic rings. The fourth-order valence-electron chi connectivity index (χ4n) is 2.05. The summed E-state index contributed by atoms with van der Waals surface area (Å²) in [7, 11) is 0. The van der Waals surface area contributed by atoms with E-state index in [1.54, 1.807) is 12.3 Å². The molecule has 96 valence electrons. The number of ether oxygens (including phenoxy) is 1. The molecule has 2 atom stereocenters. The lowest BCUT2D eigenvalue weighted by atomic mass is 10.0. The van der Waals surface area contributed by atoms with Crippen molar-refractivity contribution in [2.45, 2.75) is 24.7 Å². The van der Waals surface area contributed by atoms with Crippen LogP contribution in [-0.4, -0.2) is 26.9 Å². The van der Waals surface area contributed by atoms with Crippen LogP contribution >= 0.6 is 0 Å². The standard InChI is InChI=1S/C12H15N3O3/c1-2-5-12(8-16)6-3-10(18-12)15-7-4-9(13)14-11(15)17/h4-5,7,10,16H,1,3,6,8H2,(H2,13,14,17)/t10-,12+/m1/s1. The lowest BCUT2D eigenvalue weighted by Gasteiger charge is -2.23. The van der Waals surface area contributed by atoms with Crippen LogP contribution in [0.25, 0.3) is 0 Å². The van der Waals surface area contributed by atoms with Crippen molar-refractivity contribution in [3.8, 4) is 0 Å². The number of aliphatic hydroxyl groups excluding tert-OH is 1. The van der Waals surface area contributed by atoms with Gasteiger partial charge in [-0.1, -0.05) is 6.58 Å². The Morgan fingerprint density at radius 2 is 2.61 bits per heavy atom. The third-order valence-corrected chi connectivity index (χ3v) is 2.98. The summed E-state index contributed by atoms with van der Waals surface area (Å²) >= 11 is 0. The number of hydrogen-bond donors (Lipinski definition) is 2. The number of aliphatic hydroxyl groups is 1. The highest BCUT2D eigenvalue weighted by molar-refractivity contribution is 5.23. The van der Waals surface area contributed by atoms with Gasteiger partial charge in [-0.25, -0.2) is 4.79 Å². The highest BCUT2D eigenvalue weighted by atomic mass is 16.5. The molecular formula is C12H15N3O3. The summed E-state index contributed by atoms with van der Waals surface area (Å²) in [6.07, 6.45) is 3.86. The molecule has 0 amide bonds. The van der Waals surface area contributed by atoms with Gasteiger partial charge in [-0.3, -0.25) is 4.57 Å². The fourth-order valence-corrected chi connectivity index (χ4v) is 2.05. The van der Waals surface area contributed by atoms with Crippen LogP contribution in [0.1, 0.15) is 19.1 Å². The zero-order valence-electron chi connectivity index (χ0n) is 9.87. The second kappa shape index (κ2) is 4.78. The van der Waals surface area contributed by atoms with Crippen molar-refractivity contribution < 1.29 is 9.84 Å². The van der Waals surface area contributed by atoms with Gasteiger partial charge in [0.25, 0.3) is 0 Å². The summed E-state index contributed by atoms with van der Waals surface area (Å²) < 4.78 is 7.09. The second-order valence-electron chi connectivity index (χ2n) is 4.22. The van der Waals surface area contributed by atoms with Crippen molar-refractivity contribution in [3.63, 3.8) is 0 Å². The van der Waals surface area contributed by atoms with Crippen LogP contribution in [-0.2, 0) is 4.74 Å². The first-order valence-electron chi connectivity index (χ1n) is 5.60. The minimum absolute atomic E-state index is 0.175. The molecule has 0 radical (unpaired) electrons. The van der Waals surface area contributed by atoms with Gasteiger partial charge >= 0.3 is 5.69 Å². The van der Waals surface area contributed by atoms with Crippen LogP contribution in [0, 0.1) is 0 Å². The Kier molecular flexibility index (Phi) is 3.34. The smallest absolute Gasteiger partial charge is 0.351 e. The highest BCUT2D eigenvalue weighted by Gasteiger charge is 2.39. The largest absolute Gasteiger partial charge is 0.393 e. The van der Waals surface area contributed by atoms with Crippen LogP contribution in [0.3, 0.4) is 0 Å². The first kappa shape index (κ1) is 12.6. The predicted octanol–water partition coefficient (Wildman–Crippen LogP) is 0.207. The summed E-state index contributed by atoms with van der Waals surface area (Å²) in [5, 5.41) is 9.38. The Hall–Kier alpha value is -1.88. The van der Waals surface area contributed by atoms with Crippen LogP contribution in [0.15, 0.2) is 35.4 Å². The molecule has 1 aromatic heterocycles. The number of rotatable bonds is 3. The molecule has 6 heteroatoms. The van der Waals surface area contributed by atoms with Gasteiger partial charge in [0.05, 0.1) is 6.61 Å². The molecule has 0 aromatic carbocycles. The predicted molar refractivity (Wildman–Crippen MR) is 65.8 cm³/mol. The van der Waals surface area contributed by atoms with E-state index in [2.05, 4.69) is 17.3 Å². The Bertz CT molecular complexity index is 548. The summed E-state index contributed by atoms with van der Waals surface area (Å²) in [6.45, 7) is 3.30. The van der Waals surface area contributed by atoms with Gasteiger partial charge in [-0.05, 0) is 25.0 Å². The average Bonchev–Trinajstić information content (AvgIpc) is 2.74. The average molecular weight is 249 g/mol. The number of hydrogen-bond acceptors (Lipinski definition) is 5. The number of nitrogens with zero attached hydrogens (tertiary/aromatic N) is 2. The zero-order valence-corrected chi connectivity index (χ0v) is 9.87. The molecule has 1 saturated heterocycles. The van der Waals surface area contributed by atoms with Crippen molar-refractivity contribution in [2.24, 2.45) is 0 Å². The molecule has 0 spiro atoms. The molecule has 1 aliphatic heterocycles. The summed E-state index contributed by atoms with van der Waals surface area (Å²) in [4.78, 5) is 15.3. The molecule has 2 heterocycles. The quantitative estimate of drug-likeness (QED) is 0.747. The lowest BCUT2D eigenvalue weighted by Crippen LogP contribution is -2.33. The second-order valence-corrected chi connectivity index (χ2v) is 4.22. The van der Waals surface area contributed by atoms with E-state index in [1.807, 2.05) is 0 Å². The Morgan fingerprint density at radius 3 is 3.22 bits per heavy atom. The molecule has 0 saturated carbocycles. The number of nitrogen functional groups attached to an aromatic ring is 1. The SMILES string of the molecule is C=C=C[C@@]1(CO)CC[C@H](n2ccc(N)nc2=O)O1. The third kappa shape index (κ3) is 2.22. The van der Waals surface area contributed by atoms with Crippen LogP contribution in [0.2, 0.25) is 0 Å². The number of aromatic nitrogens is 2. The van der Waals surface area contributed by atoms with Gasteiger partial charge in [-0.2, -0.15) is 4.98 Å². The molecule has 2 rings (SSSR count). The number of nitrogens with two attached hydrogens (primary N) is 1. The van der Waals surface area contributed by atoms with Crippen LogP contribution in [0.5, 0.6) is 0 Å². The molecule has 6 nitrogen and oxygen atoms in total. The summed E-state index contributed by atoms with van der Waals surface area (Å²) in [6, 6.07) is 1.53. The minimum Gasteiger partial charge on any atom is -0.393 e. The molecular weight excluding hydrogens is 234 g/mol. The van der Waals surface area contributed by atoms with Gasteiger partial charge in [0, 0.05) is 6.20 Å². The minimum atomic E-state index is -0.812. The number of anilines is 1. The maximum Gasteiger partial charge on any atom is 0.351 e. The molecule has 18 heavy (non-hydrogen) atoms. The molecule has 3 N–H and O–H groups in total. The van der Waals surface area contributed by atoms with Gasteiger partial charge in [0.2, 0.25) is 0 Å². The van der Waals surface area contributed by atoms with E-state index in [9.17, 15) is 9.90 Å².